The smallest absolute Gasteiger partial charge is 0.285 e. The van der Waals surface area contributed by atoms with Crippen molar-refractivity contribution in [2.24, 2.45) is 16.4 Å². The van der Waals surface area contributed by atoms with Gasteiger partial charge in [0, 0.05) is 23.6 Å². The van der Waals surface area contributed by atoms with Gasteiger partial charge in [-0.1, -0.05) is 61.9 Å². The van der Waals surface area contributed by atoms with Crippen LogP contribution in [0.4, 0.5) is 5.69 Å². The summed E-state index contributed by atoms with van der Waals surface area (Å²) >= 11 is 0. The molecule has 0 bridgehead atoms. The molecule has 0 saturated heterocycles. The van der Waals surface area contributed by atoms with Crippen molar-refractivity contribution in [1.82, 2.24) is 5.43 Å². The van der Waals surface area contributed by atoms with Crippen LogP contribution < -0.4 is 10.2 Å². The van der Waals surface area contributed by atoms with E-state index in [9.17, 15) is 14.9 Å². The zero-order chi connectivity index (χ0) is 24.7. The van der Waals surface area contributed by atoms with Gasteiger partial charge in [0.05, 0.1) is 10.6 Å². The van der Waals surface area contributed by atoms with E-state index in [2.05, 4.69) is 43.5 Å². The van der Waals surface area contributed by atoms with E-state index >= 15 is 0 Å². The van der Waals surface area contributed by atoms with E-state index in [0.29, 0.717) is 22.9 Å². The van der Waals surface area contributed by atoms with Crippen molar-refractivity contribution in [3.05, 3.63) is 94.1 Å². The minimum Gasteiger partial charge on any atom is -0.476 e. The lowest BCUT2D eigenvalue weighted by molar-refractivity contribution is -0.384. The van der Waals surface area contributed by atoms with Gasteiger partial charge in [-0.3, -0.25) is 14.9 Å². The number of hydrogen-bond acceptors (Lipinski definition) is 5. The Morgan fingerprint density at radius 1 is 1.21 bits per heavy atom. The topological polar surface area (TPSA) is 93.8 Å². The Bertz CT molecular complexity index is 1100. The van der Waals surface area contributed by atoms with Gasteiger partial charge >= 0.3 is 0 Å². The van der Waals surface area contributed by atoms with Crippen LogP contribution in [0.2, 0.25) is 0 Å². The number of nitro benzene ring substituents is 1. The summed E-state index contributed by atoms with van der Waals surface area (Å²) < 4.78 is 5.90. The normalized spacial score (nSPS) is 18.8. The summed E-state index contributed by atoms with van der Waals surface area (Å²) in [7, 11) is 0. The fraction of sp³-hybridized carbons (Fsp3) is 0.333. The van der Waals surface area contributed by atoms with Gasteiger partial charge in [0.2, 0.25) is 6.10 Å². The first-order valence-electron chi connectivity index (χ1n) is 11.3. The molecule has 178 valence electrons. The molecule has 2 aromatic rings. The minimum absolute atomic E-state index is 0.0497. The molecule has 7 nitrogen and oxygen atoms in total. The zero-order valence-corrected chi connectivity index (χ0v) is 20.0. The number of nitrogens with one attached hydrogen (secondary N) is 1. The van der Waals surface area contributed by atoms with Crippen LogP contribution in [0.5, 0.6) is 5.75 Å². The highest BCUT2D eigenvalue weighted by Crippen LogP contribution is 2.41. The predicted octanol–water partition coefficient (Wildman–Crippen LogP) is 6.15. The maximum Gasteiger partial charge on any atom is 0.285 e. The molecule has 7 heteroatoms. The average molecular weight is 462 g/mol. The number of amides is 1. The first kappa shape index (κ1) is 24.9. The van der Waals surface area contributed by atoms with Gasteiger partial charge in [-0.2, -0.15) is 5.10 Å². The molecule has 1 N–H and O–H groups in total. The second-order valence-electron chi connectivity index (χ2n) is 9.20. The van der Waals surface area contributed by atoms with E-state index in [1.165, 1.54) is 29.8 Å². The van der Waals surface area contributed by atoms with Crippen LogP contribution in [0.25, 0.3) is 0 Å². The molecule has 1 aliphatic rings. The standard InChI is InChI=1S/C27H31N3O4/c1-19-9-8-18-27(3,4)24(19)17-12-20(2)28-29-26(31)25(21-10-6-5-7-11-21)34-23-15-13-22(14-16-23)30(32)33/h5-7,9-17,24-25H,8,18H2,1-4H3,(H,29,31). The average Bonchev–Trinajstić information content (AvgIpc) is 2.81. The van der Waals surface area contributed by atoms with Crippen LogP contribution in [0.3, 0.4) is 0 Å². The highest BCUT2D eigenvalue weighted by Gasteiger charge is 2.30. The van der Waals surface area contributed by atoms with Gasteiger partial charge in [0.15, 0.2) is 0 Å². The molecular weight excluding hydrogens is 430 g/mol. The molecule has 1 aliphatic carbocycles. The van der Waals surface area contributed by atoms with Gasteiger partial charge in [-0.15, -0.1) is 0 Å². The molecule has 0 heterocycles. The van der Waals surface area contributed by atoms with Crippen LogP contribution >= 0.6 is 0 Å². The summed E-state index contributed by atoms with van der Waals surface area (Å²) in [5, 5.41) is 15.1. The van der Waals surface area contributed by atoms with Crippen LogP contribution in [-0.4, -0.2) is 16.5 Å². The first-order valence-corrected chi connectivity index (χ1v) is 11.3. The largest absolute Gasteiger partial charge is 0.476 e. The number of ether oxygens (including phenoxy) is 1. The molecule has 0 radical (unpaired) electrons. The highest BCUT2D eigenvalue weighted by molar-refractivity contribution is 5.94. The molecule has 0 aliphatic heterocycles. The van der Waals surface area contributed by atoms with Crippen LogP contribution in [0, 0.1) is 21.4 Å². The van der Waals surface area contributed by atoms with Gasteiger partial charge in [0.1, 0.15) is 5.75 Å². The lowest BCUT2D eigenvalue weighted by Crippen LogP contribution is -2.29. The third-order valence-electron chi connectivity index (χ3n) is 6.10. The van der Waals surface area contributed by atoms with Crippen molar-refractivity contribution < 1.29 is 14.5 Å². The van der Waals surface area contributed by atoms with Crippen molar-refractivity contribution in [3.63, 3.8) is 0 Å². The van der Waals surface area contributed by atoms with Crippen molar-refractivity contribution in [1.29, 1.82) is 0 Å². The molecule has 0 aromatic heterocycles. The van der Waals surface area contributed by atoms with Gasteiger partial charge in [-0.25, -0.2) is 5.43 Å². The molecule has 0 spiro atoms. The Labute approximate surface area is 200 Å². The monoisotopic (exact) mass is 461 g/mol. The van der Waals surface area contributed by atoms with E-state index < -0.39 is 16.9 Å². The highest BCUT2D eigenvalue weighted by atomic mass is 16.6. The van der Waals surface area contributed by atoms with Crippen LogP contribution in [0.1, 0.15) is 52.2 Å². The number of carbonyl (C=O) groups excluding carboxylic acids is 1. The molecule has 2 atom stereocenters. The van der Waals surface area contributed by atoms with Gasteiger partial charge in [-0.05, 0) is 50.3 Å². The number of allylic oxidation sites excluding steroid dienone is 4. The maximum atomic E-state index is 13.0. The number of rotatable bonds is 8. The summed E-state index contributed by atoms with van der Waals surface area (Å²) in [5.41, 5.74) is 5.39. The number of nitro groups is 1. The molecule has 1 amide bonds. The summed E-state index contributed by atoms with van der Waals surface area (Å²) in [5.74, 6) is 0.230. The van der Waals surface area contributed by atoms with E-state index in [1.54, 1.807) is 12.1 Å². The third kappa shape index (κ3) is 6.41. The molecule has 2 unspecified atom stereocenters. The predicted molar refractivity (Wildman–Crippen MR) is 134 cm³/mol. The Morgan fingerprint density at radius 3 is 2.50 bits per heavy atom. The molecule has 0 fully saturated rings. The number of hydrazone groups is 1. The van der Waals surface area contributed by atoms with Crippen LogP contribution in [0.15, 0.2) is 83.5 Å². The molecule has 3 rings (SSSR count). The van der Waals surface area contributed by atoms with Gasteiger partial charge < -0.3 is 4.74 Å². The molecular formula is C27H31N3O4. The molecule has 2 aromatic carbocycles. The molecule has 0 saturated carbocycles. The Balaban J connectivity index is 1.73. The number of carbonyl (C=O) groups is 1. The Kier molecular flexibility index (Phi) is 7.99. The third-order valence-corrected chi connectivity index (χ3v) is 6.10. The summed E-state index contributed by atoms with van der Waals surface area (Å²) in [6, 6.07) is 14.7. The Hall–Kier alpha value is -3.74. The molecule has 34 heavy (non-hydrogen) atoms. The SMILES string of the molecule is CC1=CCCC(C)(C)C1C=CC(C)=NNC(=O)C(Oc1ccc([N+](=O)[O-])cc1)c1ccccc1. The van der Waals surface area contributed by atoms with Gasteiger partial charge in [0.25, 0.3) is 11.6 Å². The Morgan fingerprint density at radius 2 is 1.88 bits per heavy atom. The fourth-order valence-electron chi connectivity index (χ4n) is 4.14. The number of hydrogen-bond donors (Lipinski definition) is 1. The zero-order valence-electron chi connectivity index (χ0n) is 20.0. The summed E-state index contributed by atoms with van der Waals surface area (Å²) in [6.07, 6.45) is 7.63. The van der Waals surface area contributed by atoms with E-state index in [0.717, 1.165) is 12.8 Å². The van der Waals surface area contributed by atoms with Crippen molar-refractivity contribution in [2.45, 2.75) is 46.6 Å². The second kappa shape index (κ2) is 10.9. The fourth-order valence-corrected chi connectivity index (χ4v) is 4.14. The van der Waals surface area contributed by atoms with Crippen LogP contribution in [-0.2, 0) is 4.79 Å². The second-order valence-corrected chi connectivity index (χ2v) is 9.20. The summed E-state index contributed by atoms with van der Waals surface area (Å²) in [4.78, 5) is 23.4. The number of non-ortho nitro benzene ring substituents is 1. The van der Waals surface area contributed by atoms with E-state index in [4.69, 9.17) is 4.74 Å². The van der Waals surface area contributed by atoms with Crippen molar-refractivity contribution in [2.75, 3.05) is 0 Å². The minimum atomic E-state index is -0.967. The lowest BCUT2D eigenvalue weighted by atomic mass is 9.68. The van der Waals surface area contributed by atoms with E-state index in [1.807, 2.05) is 31.2 Å². The first-order chi connectivity index (χ1) is 16.2. The number of nitrogens with zero attached hydrogens (tertiary/aromatic N) is 2. The quantitative estimate of drug-likeness (QED) is 0.221. The lowest BCUT2D eigenvalue weighted by Gasteiger charge is -2.36. The van der Waals surface area contributed by atoms with Crippen molar-refractivity contribution >= 4 is 17.3 Å². The summed E-state index contributed by atoms with van der Waals surface area (Å²) in [6.45, 7) is 8.53. The van der Waals surface area contributed by atoms with E-state index in [-0.39, 0.29) is 11.1 Å². The maximum absolute atomic E-state index is 13.0. The number of benzene rings is 2. The van der Waals surface area contributed by atoms with Crippen molar-refractivity contribution in [3.8, 4) is 5.75 Å².